The standard InChI is InChI=1S/C11H17NO/c1-3-8-5-6-11(13)10(7-12)9(8)4-2/h5-6,13H,3-4,7,12H2,1-2H3. The Morgan fingerprint density at radius 1 is 1.15 bits per heavy atom. The van der Waals surface area contributed by atoms with Gasteiger partial charge in [-0.3, -0.25) is 0 Å². The molecule has 3 N–H and O–H groups in total. The van der Waals surface area contributed by atoms with Crippen molar-refractivity contribution in [3.8, 4) is 5.75 Å². The predicted molar refractivity (Wildman–Crippen MR) is 54.8 cm³/mol. The average Bonchev–Trinajstić information content (AvgIpc) is 2.17. The SMILES string of the molecule is CCc1ccc(O)c(CN)c1CC. The third-order valence-corrected chi connectivity index (χ3v) is 2.44. The van der Waals surface area contributed by atoms with Crippen molar-refractivity contribution in [2.45, 2.75) is 33.2 Å². The van der Waals surface area contributed by atoms with Gasteiger partial charge in [0.25, 0.3) is 0 Å². The van der Waals surface area contributed by atoms with Gasteiger partial charge in [-0.2, -0.15) is 0 Å². The third kappa shape index (κ3) is 1.83. The van der Waals surface area contributed by atoms with Gasteiger partial charge in [-0.15, -0.1) is 0 Å². The fourth-order valence-electron chi connectivity index (χ4n) is 1.73. The molecule has 0 unspecified atom stereocenters. The van der Waals surface area contributed by atoms with Crippen LogP contribution in [0.25, 0.3) is 0 Å². The van der Waals surface area contributed by atoms with Crippen molar-refractivity contribution in [3.63, 3.8) is 0 Å². The summed E-state index contributed by atoms with van der Waals surface area (Å²) in [7, 11) is 0. The number of phenolic OH excluding ortho intramolecular Hbond substituents is 1. The predicted octanol–water partition coefficient (Wildman–Crippen LogP) is 1.98. The van der Waals surface area contributed by atoms with Gasteiger partial charge >= 0.3 is 0 Å². The van der Waals surface area contributed by atoms with Gasteiger partial charge in [0.05, 0.1) is 0 Å². The minimum Gasteiger partial charge on any atom is -0.508 e. The topological polar surface area (TPSA) is 46.2 Å². The Balaban J connectivity index is 3.27. The van der Waals surface area contributed by atoms with Crippen molar-refractivity contribution in [3.05, 3.63) is 28.8 Å². The number of hydrogen-bond donors (Lipinski definition) is 2. The van der Waals surface area contributed by atoms with Crippen LogP contribution in [-0.4, -0.2) is 5.11 Å². The first-order chi connectivity index (χ1) is 6.24. The van der Waals surface area contributed by atoms with Crippen molar-refractivity contribution in [1.82, 2.24) is 0 Å². The molecule has 0 aromatic heterocycles. The zero-order valence-electron chi connectivity index (χ0n) is 8.30. The maximum atomic E-state index is 9.56. The van der Waals surface area contributed by atoms with Crippen LogP contribution in [0.5, 0.6) is 5.75 Å². The Labute approximate surface area is 79.4 Å². The van der Waals surface area contributed by atoms with Crippen LogP contribution in [0.1, 0.15) is 30.5 Å². The number of benzene rings is 1. The van der Waals surface area contributed by atoms with Crippen LogP contribution >= 0.6 is 0 Å². The molecule has 13 heavy (non-hydrogen) atoms. The van der Waals surface area contributed by atoms with E-state index in [4.69, 9.17) is 5.73 Å². The summed E-state index contributed by atoms with van der Waals surface area (Å²) in [6.07, 6.45) is 1.93. The number of phenols is 1. The second-order valence-corrected chi connectivity index (χ2v) is 3.11. The van der Waals surface area contributed by atoms with Gasteiger partial charge in [-0.1, -0.05) is 19.9 Å². The molecule has 0 fully saturated rings. The Bertz CT molecular complexity index is 294. The molecule has 0 aliphatic rings. The van der Waals surface area contributed by atoms with Crippen molar-refractivity contribution < 1.29 is 5.11 Å². The van der Waals surface area contributed by atoms with Gasteiger partial charge in [0, 0.05) is 12.1 Å². The Hall–Kier alpha value is -1.02. The number of hydrogen-bond acceptors (Lipinski definition) is 2. The van der Waals surface area contributed by atoms with Crippen LogP contribution in [-0.2, 0) is 19.4 Å². The fourth-order valence-corrected chi connectivity index (χ4v) is 1.73. The second-order valence-electron chi connectivity index (χ2n) is 3.11. The molecule has 72 valence electrons. The maximum Gasteiger partial charge on any atom is 0.120 e. The molecular formula is C11H17NO. The van der Waals surface area contributed by atoms with Crippen molar-refractivity contribution in [2.24, 2.45) is 5.73 Å². The molecule has 1 aromatic rings. The van der Waals surface area contributed by atoms with E-state index in [1.165, 1.54) is 11.1 Å². The monoisotopic (exact) mass is 179 g/mol. The molecule has 0 saturated carbocycles. The maximum absolute atomic E-state index is 9.56. The van der Waals surface area contributed by atoms with Gasteiger partial charge in [0.2, 0.25) is 0 Å². The summed E-state index contributed by atoms with van der Waals surface area (Å²) in [5.74, 6) is 0.330. The molecule has 0 atom stereocenters. The largest absolute Gasteiger partial charge is 0.508 e. The minimum atomic E-state index is 0.330. The average molecular weight is 179 g/mol. The molecular weight excluding hydrogens is 162 g/mol. The van der Waals surface area contributed by atoms with E-state index >= 15 is 0 Å². The van der Waals surface area contributed by atoms with Gasteiger partial charge < -0.3 is 10.8 Å². The molecule has 0 saturated heterocycles. The van der Waals surface area contributed by atoms with Crippen molar-refractivity contribution in [1.29, 1.82) is 0 Å². The van der Waals surface area contributed by atoms with E-state index in [-0.39, 0.29) is 0 Å². The molecule has 0 radical (unpaired) electrons. The van der Waals surface area contributed by atoms with Gasteiger partial charge in [0.15, 0.2) is 0 Å². The quantitative estimate of drug-likeness (QED) is 0.745. The lowest BCUT2D eigenvalue weighted by atomic mass is 9.96. The highest BCUT2D eigenvalue weighted by Gasteiger charge is 2.08. The van der Waals surface area contributed by atoms with Gasteiger partial charge in [-0.25, -0.2) is 0 Å². The molecule has 0 aliphatic carbocycles. The van der Waals surface area contributed by atoms with E-state index in [2.05, 4.69) is 13.8 Å². The summed E-state index contributed by atoms with van der Waals surface area (Å²) in [4.78, 5) is 0. The number of rotatable bonds is 3. The third-order valence-electron chi connectivity index (χ3n) is 2.44. The molecule has 0 aliphatic heterocycles. The lowest BCUT2D eigenvalue weighted by Crippen LogP contribution is -2.04. The zero-order valence-corrected chi connectivity index (χ0v) is 8.30. The molecule has 1 aromatic carbocycles. The van der Waals surface area contributed by atoms with Gasteiger partial charge in [-0.05, 0) is 30.0 Å². The van der Waals surface area contributed by atoms with Crippen LogP contribution in [0.15, 0.2) is 12.1 Å². The first-order valence-electron chi connectivity index (χ1n) is 4.77. The highest BCUT2D eigenvalue weighted by Crippen LogP contribution is 2.24. The molecule has 0 amide bonds. The van der Waals surface area contributed by atoms with Crippen LogP contribution in [0, 0.1) is 0 Å². The highest BCUT2D eigenvalue weighted by molar-refractivity contribution is 5.44. The smallest absolute Gasteiger partial charge is 0.120 e. The Morgan fingerprint density at radius 3 is 2.31 bits per heavy atom. The second kappa shape index (κ2) is 4.28. The van der Waals surface area contributed by atoms with Crippen LogP contribution in [0.2, 0.25) is 0 Å². The number of aromatic hydroxyl groups is 1. The zero-order chi connectivity index (χ0) is 9.84. The van der Waals surface area contributed by atoms with E-state index in [1.807, 2.05) is 6.07 Å². The molecule has 0 bridgehead atoms. The molecule has 1 rings (SSSR count). The summed E-state index contributed by atoms with van der Waals surface area (Å²) in [5, 5.41) is 9.56. The summed E-state index contributed by atoms with van der Waals surface area (Å²) in [6.45, 7) is 4.63. The van der Waals surface area contributed by atoms with Crippen LogP contribution in [0.3, 0.4) is 0 Å². The van der Waals surface area contributed by atoms with Crippen LogP contribution < -0.4 is 5.73 Å². The lowest BCUT2D eigenvalue weighted by Gasteiger charge is -2.12. The Morgan fingerprint density at radius 2 is 1.85 bits per heavy atom. The highest BCUT2D eigenvalue weighted by atomic mass is 16.3. The molecule has 0 spiro atoms. The van der Waals surface area contributed by atoms with Crippen LogP contribution in [0.4, 0.5) is 0 Å². The van der Waals surface area contributed by atoms with Crippen molar-refractivity contribution >= 4 is 0 Å². The Kier molecular flexibility index (Phi) is 3.32. The summed E-state index contributed by atoms with van der Waals surface area (Å²) < 4.78 is 0. The number of aryl methyl sites for hydroxylation is 1. The van der Waals surface area contributed by atoms with E-state index in [9.17, 15) is 5.11 Å². The number of nitrogens with two attached hydrogens (primary N) is 1. The van der Waals surface area contributed by atoms with E-state index in [0.717, 1.165) is 18.4 Å². The summed E-state index contributed by atoms with van der Waals surface area (Å²) in [5.41, 5.74) is 9.00. The first-order valence-corrected chi connectivity index (χ1v) is 4.77. The first kappa shape index (κ1) is 10.1. The molecule has 2 nitrogen and oxygen atoms in total. The summed E-state index contributed by atoms with van der Waals surface area (Å²) >= 11 is 0. The molecule has 0 heterocycles. The minimum absolute atomic E-state index is 0.330. The van der Waals surface area contributed by atoms with E-state index in [0.29, 0.717) is 12.3 Å². The normalized spacial score (nSPS) is 10.4. The van der Waals surface area contributed by atoms with E-state index < -0.39 is 0 Å². The van der Waals surface area contributed by atoms with Gasteiger partial charge in [0.1, 0.15) is 5.75 Å². The molecule has 2 heteroatoms. The lowest BCUT2D eigenvalue weighted by molar-refractivity contribution is 0.467. The fraction of sp³-hybridized carbons (Fsp3) is 0.455. The van der Waals surface area contributed by atoms with Crippen molar-refractivity contribution in [2.75, 3.05) is 0 Å². The van der Waals surface area contributed by atoms with E-state index in [1.54, 1.807) is 6.07 Å². The summed E-state index contributed by atoms with van der Waals surface area (Å²) in [6, 6.07) is 3.72.